The molecule has 0 saturated carbocycles. The number of primary sulfonamides is 1. The monoisotopic (exact) mass is 664 g/mol. The molecule has 0 bridgehead atoms. The van der Waals surface area contributed by atoms with E-state index < -0.39 is 32.7 Å². The lowest BCUT2D eigenvalue weighted by Gasteiger charge is -2.37. The Bertz CT molecular complexity index is 1650. The van der Waals surface area contributed by atoms with E-state index in [1.165, 1.54) is 24.3 Å². The summed E-state index contributed by atoms with van der Waals surface area (Å²) in [5, 5.41) is 24.2. The first-order valence-corrected chi connectivity index (χ1v) is 17.3. The second-order valence-corrected chi connectivity index (χ2v) is 14.8. The highest BCUT2D eigenvalue weighted by atomic mass is 32.2. The van der Waals surface area contributed by atoms with E-state index in [-0.39, 0.29) is 41.8 Å². The molecule has 0 aliphatic heterocycles. The Hall–Kier alpha value is -4.22. The number of aryl methyl sites for hydroxylation is 2. The standard InChI is InChI=1S/C36H48N4O6S/c1-7-28(32(42)38-18-17-26-11-9-8-10-12-26)21-36(6,34(44)40-29-13-15-30(16-14-29)47(37,45)46)23-35(4,5)33(43)39-22-27-19-24(2)31(41)25(3)20-27/h8-16,19-20,28,41H,7,17-18,21-23H2,1-6H3,(H,38,42)(H,39,43)(H,40,44)(H2,37,45,46). The zero-order chi connectivity index (χ0) is 35.0. The molecule has 0 radical (unpaired) electrons. The van der Waals surface area contributed by atoms with Gasteiger partial charge >= 0.3 is 0 Å². The van der Waals surface area contributed by atoms with Crippen molar-refractivity contribution >= 4 is 33.4 Å². The van der Waals surface area contributed by atoms with Crippen molar-refractivity contribution in [3.8, 4) is 5.75 Å². The van der Waals surface area contributed by atoms with Gasteiger partial charge in [-0.25, -0.2) is 13.6 Å². The van der Waals surface area contributed by atoms with Crippen LogP contribution in [0.5, 0.6) is 5.75 Å². The van der Waals surface area contributed by atoms with Crippen LogP contribution in [0.2, 0.25) is 0 Å². The van der Waals surface area contributed by atoms with Crippen LogP contribution < -0.4 is 21.1 Å². The first-order valence-electron chi connectivity index (χ1n) is 15.8. The van der Waals surface area contributed by atoms with Gasteiger partial charge in [-0.05, 0) is 86.1 Å². The predicted octanol–water partition coefficient (Wildman–Crippen LogP) is 5.11. The number of nitrogens with two attached hydrogens (primary N) is 1. The number of sulfonamides is 1. The fourth-order valence-electron chi connectivity index (χ4n) is 5.97. The summed E-state index contributed by atoms with van der Waals surface area (Å²) in [5.41, 5.74) is 1.52. The van der Waals surface area contributed by atoms with Crippen LogP contribution in [0.3, 0.4) is 0 Å². The highest BCUT2D eigenvalue weighted by Gasteiger charge is 2.44. The van der Waals surface area contributed by atoms with Gasteiger partial charge in [-0.3, -0.25) is 14.4 Å². The third-order valence-corrected chi connectivity index (χ3v) is 9.49. The van der Waals surface area contributed by atoms with E-state index >= 15 is 0 Å². The highest BCUT2D eigenvalue weighted by Crippen LogP contribution is 2.41. The summed E-state index contributed by atoms with van der Waals surface area (Å²) >= 11 is 0. The van der Waals surface area contributed by atoms with Crippen molar-refractivity contribution in [2.75, 3.05) is 11.9 Å². The summed E-state index contributed by atoms with van der Waals surface area (Å²) in [7, 11) is -3.91. The summed E-state index contributed by atoms with van der Waals surface area (Å²) in [4.78, 5) is 40.9. The maximum atomic E-state index is 14.0. The minimum absolute atomic E-state index is 0.0895. The van der Waals surface area contributed by atoms with Gasteiger partial charge in [0.05, 0.1) is 4.90 Å². The Balaban J connectivity index is 1.82. The summed E-state index contributed by atoms with van der Waals surface area (Å²) in [5.74, 6) is -1.12. The molecule has 2 atom stereocenters. The second-order valence-electron chi connectivity index (χ2n) is 13.2. The van der Waals surface area contributed by atoms with Crippen LogP contribution in [0, 0.1) is 30.6 Å². The SMILES string of the molecule is CCC(CC(C)(CC(C)(C)C(=O)NCc1cc(C)c(O)c(C)c1)C(=O)Nc1ccc(S(N)(=O)=O)cc1)C(=O)NCCc1ccccc1. The van der Waals surface area contributed by atoms with Gasteiger partial charge in [0.15, 0.2) is 0 Å². The maximum Gasteiger partial charge on any atom is 0.238 e. The van der Waals surface area contributed by atoms with E-state index in [0.717, 1.165) is 11.1 Å². The van der Waals surface area contributed by atoms with Crippen LogP contribution in [0.1, 0.15) is 69.2 Å². The first-order chi connectivity index (χ1) is 21.9. The Labute approximate surface area is 278 Å². The number of anilines is 1. The molecule has 3 amide bonds. The van der Waals surface area contributed by atoms with Gasteiger partial charge in [0, 0.05) is 35.5 Å². The molecule has 3 aromatic carbocycles. The predicted molar refractivity (Wildman–Crippen MR) is 184 cm³/mol. The van der Waals surface area contributed by atoms with E-state index in [0.29, 0.717) is 36.2 Å². The summed E-state index contributed by atoms with van der Waals surface area (Å²) in [6.45, 7) is 11.5. The normalized spacial score (nSPS) is 13.7. The van der Waals surface area contributed by atoms with Crippen LogP contribution in [-0.4, -0.2) is 37.8 Å². The number of hydrogen-bond acceptors (Lipinski definition) is 6. The van der Waals surface area contributed by atoms with Crippen LogP contribution in [0.4, 0.5) is 5.69 Å². The molecule has 0 fully saturated rings. The van der Waals surface area contributed by atoms with Crippen molar-refractivity contribution in [2.45, 2.75) is 78.7 Å². The van der Waals surface area contributed by atoms with E-state index in [2.05, 4.69) is 16.0 Å². The van der Waals surface area contributed by atoms with Gasteiger partial charge in [-0.1, -0.05) is 70.2 Å². The van der Waals surface area contributed by atoms with Gasteiger partial charge in [0.25, 0.3) is 0 Å². The number of phenolic OH excluding ortho intramolecular Hbond substituents is 1. The van der Waals surface area contributed by atoms with Crippen molar-refractivity contribution in [1.82, 2.24) is 10.6 Å². The first kappa shape index (κ1) is 37.2. The molecule has 0 aliphatic carbocycles. The fourth-order valence-corrected chi connectivity index (χ4v) is 6.48. The summed E-state index contributed by atoms with van der Waals surface area (Å²) in [6, 6.07) is 19.0. The number of carbonyl (C=O) groups is 3. The topological polar surface area (TPSA) is 168 Å². The van der Waals surface area contributed by atoms with Crippen molar-refractivity contribution in [2.24, 2.45) is 21.9 Å². The molecule has 2 unspecified atom stereocenters. The lowest BCUT2D eigenvalue weighted by molar-refractivity contribution is -0.136. The van der Waals surface area contributed by atoms with Gasteiger partial charge in [-0.2, -0.15) is 0 Å². The Morgan fingerprint density at radius 2 is 1.47 bits per heavy atom. The van der Waals surface area contributed by atoms with Crippen LogP contribution in [-0.2, 0) is 37.4 Å². The van der Waals surface area contributed by atoms with Crippen molar-refractivity contribution in [3.05, 3.63) is 89.0 Å². The lowest BCUT2D eigenvalue weighted by Crippen LogP contribution is -2.46. The number of aromatic hydroxyl groups is 1. The average Bonchev–Trinajstić information content (AvgIpc) is 3.01. The minimum Gasteiger partial charge on any atom is -0.507 e. The Morgan fingerprint density at radius 3 is 2.02 bits per heavy atom. The van der Waals surface area contributed by atoms with Crippen molar-refractivity contribution in [1.29, 1.82) is 0 Å². The van der Waals surface area contributed by atoms with Gasteiger partial charge < -0.3 is 21.1 Å². The number of hydrogen-bond donors (Lipinski definition) is 5. The van der Waals surface area contributed by atoms with Crippen LogP contribution in [0.15, 0.2) is 71.6 Å². The molecule has 0 aliphatic rings. The van der Waals surface area contributed by atoms with Gasteiger partial charge in [0.2, 0.25) is 27.7 Å². The van der Waals surface area contributed by atoms with Gasteiger partial charge in [0.1, 0.15) is 5.75 Å². The molecular weight excluding hydrogens is 616 g/mol. The van der Waals surface area contributed by atoms with Crippen molar-refractivity contribution < 1.29 is 27.9 Å². The molecule has 0 saturated heterocycles. The number of phenols is 1. The maximum absolute atomic E-state index is 14.0. The Kier molecular flexibility index (Phi) is 12.3. The molecular formula is C36H48N4O6S. The average molecular weight is 665 g/mol. The molecule has 11 heteroatoms. The summed E-state index contributed by atoms with van der Waals surface area (Å²) < 4.78 is 23.4. The number of amides is 3. The molecule has 3 rings (SSSR count). The molecule has 47 heavy (non-hydrogen) atoms. The minimum atomic E-state index is -3.91. The van der Waals surface area contributed by atoms with Gasteiger partial charge in [-0.15, -0.1) is 0 Å². The smallest absolute Gasteiger partial charge is 0.238 e. The summed E-state index contributed by atoms with van der Waals surface area (Å²) in [6.07, 6.45) is 1.45. The molecule has 10 nitrogen and oxygen atoms in total. The molecule has 6 N–H and O–H groups in total. The second kappa shape index (κ2) is 15.6. The lowest BCUT2D eigenvalue weighted by atomic mass is 9.68. The van der Waals surface area contributed by atoms with Crippen molar-refractivity contribution in [3.63, 3.8) is 0 Å². The zero-order valence-electron chi connectivity index (χ0n) is 28.1. The molecule has 0 spiro atoms. The number of carbonyl (C=O) groups excluding carboxylic acids is 3. The van der Waals surface area contributed by atoms with E-state index in [4.69, 9.17) is 5.14 Å². The number of rotatable bonds is 15. The fraction of sp³-hybridized carbons (Fsp3) is 0.417. The largest absolute Gasteiger partial charge is 0.507 e. The van der Waals surface area contributed by atoms with Crippen LogP contribution >= 0.6 is 0 Å². The highest BCUT2D eigenvalue weighted by molar-refractivity contribution is 7.89. The molecule has 3 aromatic rings. The molecule has 0 aromatic heterocycles. The van der Waals surface area contributed by atoms with E-state index in [1.54, 1.807) is 34.6 Å². The van der Waals surface area contributed by atoms with E-state index in [1.807, 2.05) is 49.4 Å². The third kappa shape index (κ3) is 10.4. The number of nitrogens with one attached hydrogen (secondary N) is 3. The zero-order valence-corrected chi connectivity index (χ0v) is 29.0. The quantitative estimate of drug-likeness (QED) is 0.151. The Morgan fingerprint density at radius 1 is 0.872 bits per heavy atom. The molecule has 0 heterocycles. The van der Waals surface area contributed by atoms with Crippen LogP contribution in [0.25, 0.3) is 0 Å². The third-order valence-electron chi connectivity index (χ3n) is 8.56. The van der Waals surface area contributed by atoms with E-state index in [9.17, 15) is 27.9 Å². The number of benzene rings is 3. The molecule has 254 valence electrons.